The van der Waals surface area contributed by atoms with Crippen LogP contribution in [0.1, 0.15) is 25.3 Å². The first-order chi connectivity index (χ1) is 14.5. The van der Waals surface area contributed by atoms with Gasteiger partial charge in [0.2, 0.25) is 5.91 Å². The van der Waals surface area contributed by atoms with Crippen molar-refractivity contribution >= 4 is 16.8 Å². The van der Waals surface area contributed by atoms with E-state index in [0.717, 1.165) is 24.2 Å². The molecule has 1 aromatic heterocycles. The molecule has 0 N–H and O–H groups in total. The zero-order valence-electron chi connectivity index (χ0n) is 17.2. The number of rotatable bonds is 7. The molecule has 1 aliphatic carbocycles. The van der Waals surface area contributed by atoms with E-state index in [9.17, 15) is 14.4 Å². The van der Waals surface area contributed by atoms with Gasteiger partial charge in [-0.15, -0.1) is 0 Å². The second-order valence-corrected chi connectivity index (χ2v) is 7.54. The van der Waals surface area contributed by atoms with E-state index in [-0.39, 0.29) is 30.6 Å². The van der Waals surface area contributed by atoms with Gasteiger partial charge in [0, 0.05) is 19.1 Å². The molecule has 156 valence electrons. The van der Waals surface area contributed by atoms with Crippen molar-refractivity contribution in [2.75, 3.05) is 7.11 Å². The number of hydrogen-bond acceptors (Lipinski definition) is 4. The average molecular weight is 407 g/mol. The third kappa shape index (κ3) is 3.75. The Bertz CT molecular complexity index is 1190. The van der Waals surface area contributed by atoms with Gasteiger partial charge >= 0.3 is 5.69 Å². The normalized spacial score (nSPS) is 13.4. The number of para-hydroxylation sites is 1. The topological polar surface area (TPSA) is 73.5 Å². The van der Waals surface area contributed by atoms with Crippen LogP contribution in [0.3, 0.4) is 0 Å². The molecular formula is C23H25N3O4. The first kappa shape index (κ1) is 19.9. The summed E-state index contributed by atoms with van der Waals surface area (Å²) in [6, 6.07) is 14.8. The smallest absolute Gasteiger partial charge is 0.331 e. The third-order valence-corrected chi connectivity index (χ3v) is 5.56. The van der Waals surface area contributed by atoms with Crippen molar-refractivity contribution in [3.8, 4) is 5.75 Å². The van der Waals surface area contributed by atoms with Crippen molar-refractivity contribution in [1.82, 2.24) is 14.0 Å². The number of methoxy groups -OCH3 is 1. The van der Waals surface area contributed by atoms with Crippen LogP contribution in [0.2, 0.25) is 0 Å². The van der Waals surface area contributed by atoms with E-state index >= 15 is 0 Å². The van der Waals surface area contributed by atoms with Crippen LogP contribution in [0.5, 0.6) is 5.75 Å². The van der Waals surface area contributed by atoms with Crippen LogP contribution in [-0.2, 0) is 24.4 Å². The summed E-state index contributed by atoms with van der Waals surface area (Å²) in [5.41, 5.74) is 0.728. The van der Waals surface area contributed by atoms with Crippen LogP contribution in [0.4, 0.5) is 0 Å². The molecular weight excluding hydrogens is 382 g/mol. The third-order valence-electron chi connectivity index (χ3n) is 5.56. The van der Waals surface area contributed by atoms with E-state index in [1.807, 2.05) is 29.2 Å². The number of aromatic nitrogens is 2. The predicted molar refractivity (Wildman–Crippen MR) is 115 cm³/mol. The molecule has 1 saturated carbocycles. The fourth-order valence-corrected chi connectivity index (χ4v) is 3.76. The molecule has 1 heterocycles. The number of amides is 1. The summed E-state index contributed by atoms with van der Waals surface area (Å²) in [7, 11) is 1.62. The highest BCUT2D eigenvalue weighted by atomic mass is 16.5. The molecule has 7 nitrogen and oxygen atoms in total. The van der Waals surface area contributed by atoms with Crippen LogP contribution in [0.15, 0.2) is 58.1 Å². The van der Waals surface area contributed by atoms with Crippen molar-refractivity contribution in [3.05, 3.63) is 74.9 Å². The van der Waals surface area contributed by atoms with Crippen LogP contribution in [0.25, 0.3) is 10.9 Å². The Morgan fingerprint density at radius 3 is 2.40 bits per heavy atom. The lowest BCUT2D eigenvalue weighted by atomic mass is 10.2. The first-order valence-electron chi connectivity index (χ1n) is 10.2. The van der Waals surface area contributed by atoms with Gasteiger partial charge in [-0.2, -0.15) is 0 Å². The molecule has 4 rings (SSSR count). The van der Waals surface area contributed by atoms with Gasteiger partial charge in [0.25, 0.3) is 5.56 Å². The largest absolute Gasteiger partial charge is 0.497 e. The minimum Gasteiger partial charge on any atom is -0.497 e. The minimum atomic E-state index is -0.449. The number of benzene rings is 2. The summed E-state index contributed by atoms with van der Waals surface area (Å²) in [5, 5.41) is 0.444. The van der Waals surface area contributed by atoms with Crippen molar-refractivity contribution < 1.29 is 9.53 Å². The van der Waals surface area contributed by atoms with Crippen LogP contribution >= 0.6 is 0 Å². The highest BCUT2D eigenvalue weighted by Gasteiger charge is 2.33. The fraction of sp³-hybridized carbons (Fsp3) is 0.348. The Morgan fingerprint density at radius 2 is 1.77 bits per heavy atom. The monoisotopic (exact) mass is 407 g/mol. The van der Waals surface area contributed by atoms with Gasteiger partial charge in [-0.25, -0.2) is 4.79 Å². The van der Waals surface area contributed by atoms with Crippen molar-refractivity contribution in [2.24, 2.45) is 0 Å². The molecule has 0 atom stereocenters. The van der Waals surface area contributed by atoms with Gasteiger partial charge in [0.15, 0.2) is 0 Å². The summed E-state index contributed by atoms with van der Waals surface area (Å²) < 4.78 is 7.80. The Balaban J connectivity index is 1.67. The van der Waals surface area contributed by atoms with Gasteiger partial charge < -0.3 is 9.64 Å². The number of nitrogens with zero attached hydrogens (tertiary/aromatic N) is 3. The molecule has 2 aromatic carbocycles. The van der Waals surface area contributed by atoms with E-state index in [4.69, 9.17) is 4.74 Å². The highest BCUT2D eigenvalue weighted by Crippen LogP contribution is 2.29. The van der Waals surface area contributed by atoms with E-state index in [0.29, 0.717) is 17.4 Å². The molecule has 1 amide bonds. The summed E-state index contributed by atoms with van der Waals surface area (Å²) in [4.78, 5) is 40.7. The quantitative estimate of drug-likeness (QED) is 0.603. The molecule has 3 aromatic rings. The van der Waals surface area contributed by atoms with E-state index < -0.39 is 5.69 Å². The highest BCUT2D eigenvalue weighted by molar-refractivity contribution is 5.82. The molecule has 0 spiro atoms. The molecule has 1 fully saturated rings. The average Bonchev–Trinajstić information content (AvgIpc) is 3.61. The molecule has 0 saturated heterocycles. The second kappa shape index (κ2) is 8.18. The first-order valence-corrected chi connectivity index (χ1v) is 10.2. The Kier molecular flexibility index (Phi) is 5.44. The van der Waals surface area contributed by atoms with E-state index in [2.05, 4.69) is 0 Å². The SMILES string of the molecule is CCn1c(=O)c2ccccc2n(CC(=O)N(Cc2ccc(OC)cc2)C2CC2)c1=O. The predicted octanol–water partition coefficient (Wildman–Crippen LogP) is 2.38. The van der Waals surface area contributed by atoms with Crippen LogP contribution < -0.4 is 16.0 Å². The molecule has 1 aliphatic rings. The molecule has 0 bridgehead atoms. The number of hydrogen-bond donors (Lipinski definition) is 0. The van der Waals surface area contributed by atoms with E-state index in [1.165, 1.54) is 9.13 Å². The maximum Gasteiger partial charge on any atom is 0.331 e. The van der Waals surface area contributed by atoms with Gasteiger partial charge in [-0.3, -0.25) is 18.7 Å². The van der Waals surface area contributed by atoms with Gasteiger partial charge in [-0.05, 0) is 49.6 Å². The van der Waals surface area contributed by atoms with Gasteiger partial charge in [0.1, 0.15) is 12.3 Å². The number of fused-ring (bicyclic) bond motifs is 1. The lowest BCUT2D eigenvalue weighted by Crippen LogP contribution is -2.43. The maximum atomic E-state index is 13.3. The minimum absolute atomic E-state index is 0.0910. The zero-order valence-corrected chi connectivity index (χ0v) is 17.2. The number of carbonyl (C=O) groups excluding carboxylic acids is 1. The lowest BCUT2D eigenvalue weighted by Gasteiger charge is -2.24. The lowest BCUT2D eigenvalue weighted by molar-refractivity contribution is -0.133. The van der Waals surface area contributed by atoms with Gasteiger partial charge in [0.05, 0.1) is 18.0 Å². The Labute approximate surface area is 174 Å². The van der Waals surface area contributed by atoms with Crippen LogP contribution in [-0.4, -0.2) is 33.1 Å². The van der Waals surface area contributed by atoms with Crippen molar-refractivity contribution in [1.29, 1.82) is 0 Å². The Morgan fingerprint density at radius 1 is 1.07 bits per heavy atom. The summed E-state index contributed by atoms with van der Waals surface area (Å²) >= 11 is 0. The molecule has 7 heteroatoms. The summed E-state index contributed by atoms with van der Waals surface area (Å²) in [6.45, 7) is 2.40. The fourth-order valence-electron chi connectivity index (χ4n) is 3.76. The second-order valence-electron chi connectivity index (χ2n) is 7.54. The summed E-state index contributed by atoms with van der Waals surface area (Å²) in [5.74, 6) is 0.643. The van der Waals surface area contributed by atoms with Crippen LogP contribution in [0, 0.1) is 0 Å². The maximum absolute atomic E-state index is 13.3. The Hall–Kier alpha value is -3.35. The molecule has 0 aliphatic heterocycles. The molecule has 0 radical (unpaired) electrons. The van der Waals surface area contributed by atoms with Crippen molar-refractivity contribution in [3.63, 3.8) is 0 Å². The molecule has 30 heavy (non-hydrogen) atoms. The van der Waals surface area contributed by atoms with Gasteiger partial charge in [-0.1, -0.05) is 24.3 Å². The summed E-state index contributed by atoms with van der Waals surface area (Å²) in [6.07, 6.45) is 1.93. The molecule has 0 unspecified atom stereocenters. The van der Waals surface area contributed by atoms with E-state index in [1.54, 1.807) is 38.3 Å². The zero-order chi connectivity index (χ0) is 21.3. The van der Waals surface area contributed by atoms with Crippen molar-refractivity contribution in [2.45, 2.75) is 45.4 Å². The standard InChI is InChI=1S/C23H25N3O4/c1-3-24-22(28)19-6-4-5-7-20(19)26(23(24)29)15-21(27)25(17-10-11-17)14-16-8-12-18(30-2)13-9-16/h4-9,12-13,17H,3,10-11,14-15H2,1-2H3. The number of carbonyl (C=O) groups is 1. The number of ether oxygens (including phenoxy) is 1.